The third kappa shape index (κ3) is 1.29. The van der Waals surface area contributed by atoms with E-state index >= 15 is 0 Å². The van der Waals surface area contributed by atoms with E-state index in [1.165, 1.54) is 0 Å². The first kappa shape index (κ1) is 9.21. The summed E-state index contributed by atoms with van der Waals surface area (Å²) in [4.78, 5) is 8.17. The van der Waals surface area contributed by atoms with Crippen LogP contribution in [0.25, 0.3) is 0 Å². The molecule has 0 saturated carbocycles. The van der Waals surface area contributed by atoms with E-state index in [2.05, 4.69) is 35.8 Å². The SMILES string of the molecule is CN1N2C=NC=NC2=CN1C(C)(C)C. The van der Waals surface area contributed by atoms with Crippen molar-refractivity contribution in [3.63, 3.8) is 0 Å². The maximum Gasteiger partial charge on any atom is 0.169 e. The Kier molecular flexibility index (Phi) is 1.85. The fourth-order valence-corrected chi connectivity index (χ4v) is 1.54. The second kappa shape index (κ2) is 2.81. The van der Waals surface area contributed by atoms with Gasteiger partial charge in [-0.25, -0.2) is 15.0 Å². The molecule has 0 atom stereocenters. The van der Waals surface area contributed by atoms with Crippen LogP contribution in [0.5, 0.6) is 0 Å². The van der Waals surface area contributed by atoms with Crippen molar-refractivity contribution in [1.82, 2.24) is 15.1 Å². The second-order valence-corrected chi connectivity index (χ2v) is 4.35. The quantitative estimate of drug-likeness (QED) is 0.576. The van der Waals surface area contributed by atoms with Crippen molar-refractivity contribution in [2.45, 2.75) is 26.3 Å². The predicted octanol–water partition coefficient (Wildman–Crippen LogP) is 1.03. The van der Waals surface area contributed by atoms with Crippen molar-refractivity contribution in [1.29, 1.82) is 0 Å². The summed E-state index contributed by atoms with van der Waals surface area (Å²) >= 11 is 0. The molecule has 0 aromatic carbocycles. The van der Waals surface area contributed by atoms with Crippen LogP contribution >= 0.6 is 0 Å². The van der Waals surface area contributed by atoms with E-state index in [-0.39, 0.29) is 5.54 Å². The first-order valence-corrected chi connectivity index (χ1v) is 4.60. The predicted molar refractivity (Wildman–Crippen MR) is 56.3 cm³/mol. The van der Waals surface area contributed by atoms with Crippen molar-refractivity contribution in [2.24, 2.45) is 9.98 Å². The lowest BCUT2D eigenvalue weighted by molar-refractivity contribution is -0.0952. The lowest BCUT2D eigenvalue weighted by atomic mass is 10.1. The first-order chi connectivity index (χ1) is 6.50. The van der Waals surface area contributed by atoms with E-state index in [4.69, 9.17) is 0 Å². The van der Waals surface area contributed by atoms with Gasteiger partial charge in [0.15, 0.2) is 5.82 Å². The maximum atomic E-state index is 4.19. The van der Waals surface area contributed by atoms with Crippen LogP contribution in [0.15, 0.2) is 22.0 Å². The van der Waals surface area contributed by atoms with E-state index in [1.54, 1.807) is 12.7 Å². The van der Waals surface area contributed by atoms with Gasteiger partial charge in [-0.05, 0) is 20.8 Å². The molecule has 2 rings (SSSR count). The largest absolute Gasteiger partial charge is 0.286 e. The van der Waals surface area contributed by atoms with Gasteiger partial charge in [0, 0.05) is 12.6 Å². The van der Waals surface area contributed by atoms with Crippen LogP contribution in [-0.2, 0) is 0 Å². The second-order valence-electron chi connectivity index (χ2n) is 4.35. The van der Waals surface area contributed by atoms with Crippen molar-refractivity contribution < 1.29 is 0 Å². The molecule has 0 aromatic rings. The molecule has 0 bridgehead atoms. The van der Waals surface area contributed by atoms with Crippen LogP contribution in [0.3, 0.4) is 0 Å². The summed E-state index contributed by atoms with van der Waals surface area (Å²) in [6.07, 6.45) is 5.33. The summed E-state index contributed by atoms with van der Waals surface area (Å²) in [6, 6.07) is 0. The highest BCUT2D eigenvalue weighted by molar-refractivity contribution is 5.75. The minimum atomic E-state index is 0.0441. The Morgan fingerprint density at radius 1 is 1.29 bits per heavy atom. The van der Waals surface area contributed by atoms with Gasteiger partial charge in [0.1, 0.15) is 12.7 Å². The zero-order valence-corrected chi connectivity index (χ0v) is 8.97. The number of rotatable bonds is 0. The fourth-order valence-electron chi connectivity index (χ4n) is 1.54. The molecule has 76 valence electrons. The van der Waals surface area contributed by atoms with Gasteiger partial charge in [-0.2, -0.15) is 0 Å². The Balaban J connectivity index is 2.30. The van der Waals surface area contributed by atoms with Crippen LogP contribution < -0.4 is 0 Å². The normalized spacial score (nSPS) is 21.6. The summed E-state index contributed by atoms with van der Waals surface area (Å²) in [5.41, 5.74) is 0.0441. The molecular formula is C9H15N5. The Labute approximate surface area is 84.0 Å². The molecule has 2 aliphatic rings. The summed E-state index contributed by atoms with van der Waals surface area (Å²) in [5, 5.41) is 6.03. The summed E-state index contributed by atoms with van der Waals surface area (Å²) < 4.78 is 0. The van der Waals surface area contributed by atoms with Crippen molar-refractivity contribution in [2.75, 3.05) is 7.05 Å². The average Bonchev–Trinajstić information content (AvgIpc) is 2.44. The molecule has 0 aliphatic carbocycles. The molecule has 14 heavy (non-hydrogen) atoms. The van der Waals surface area contributed by atoms with Crippen LogP contribution in [0.4, 0.5) is 0 Å². The molecule has 0 N–H and O–H groups in total. The minimum Gasteiger partial charge on any atom is -0.286 e. The Bertz CT molecular complexity index is 323. The van der Waals surface area contributed by atoms with Gasteiger partial charge in [0.25, 0.3) is 0 Å². The zero-order chi connectivity index (χ0) is 10.3. The molecule has 2 heterocycles. The van der Waals surface area contributed by atoms with Gasteiger partial charge in [0.2, 0.25) is 0 Å². The number of fused-ring (bicyclic) bond motifs is 1. The monoisotopic (exact) mass is 193 g/mol. The third-order valence-corrected chi connectivity index (χ3v) is 2.22. The molecule has 5 heteroatoms. The molecule has 0 fully saturated rings. The van der Waals surface area contributed by atoms with Crippen LogP contribution in [0.1, 0.15) is 20.8 Å². The van der Waals surface area contributed by atoms with E-state index in [0.717, 1.165) is 5.82 Å². The van der Waals surface area contributed by atoms with Gasteiger partial charge >= 0.3 is 0 Å². The fraction of sp³-hybridized carbons (Fsp3) is 0.556. The molecule has 0 amide bonds. The van der Waals surface area contributed by atoms with Gasteiger partial charge in [-0.3, -0.25) is 5.01 Å². The average molecular weight is 193 g/mol. The van der Waals surface area contributed by atoms with E-state index < -0.39 is 0 Å². The van der Waals surface area contributed by atoms with Crippen molar-refractivity contribution >= 4 is 12.7 Å². The maximum absolute atomic E-state index is 4.19. The molecule has 0 unspecified atom stereocenters. The van der Waals surface area contributed by atoms with E-state index in [0.29, 0.717) is 0 Å². The summed E-state index contributed by atoms with van der Waals surface area (Å²) in [5.74, 6) is 0.900. The standard InChI is InChI=1S/C9H15N5/c1-9(2,3)14-5-8-11-6-10-7-13(8)12(14)4/h5-7H,1-4H3. The van der Waals surface area contributed by atoms with Gasteiger partial charge in [-0.15, -0.1) is 5.12 Å². The van der Waals surface area contributed by atoms with E-state index in [9.17, 15) is 0 Å². The Morgan fingerprint density at radius 2 is 2.00 bits per heavy atom. The van der Waals surface area contributed by atoms with Gasteiger partial charge < -0.3 is 0 Å². The molecule has 0 spiro atoms. The molecule has 5 nitrogen and oxygen atoms in total. The smallest absolute Gasteiger partial charge is 0.169 e. The highest BCUT2D eigenvalue weighted by atomic mass is 15.9. The lowest BCUT2D eigenvalue weighted by Gasteiger charge is -2.39. The van der Waals surface area contributed by atoms with Gasteiger partial charge in [0.05, 0.1) is 6.20 Å². The number of hydrazine groups is 2. The molecule has 0 saturated heterocycles. The Morgan fingerprint density at radius 3 is 2.57 bits per heavy atom. The Hall–Kier alpha value is -1.36. The van der Waals surface area contributed by atoms with Crippen molar-refractivity contribution in [3.8, 4) is 0 Å². The zero-order valence-electron chi connectivity index (χ0n) is 8.97. The van der Waals surface area contributed by atoms with E-state index in [1.807, 2.05) is 23.4 Å². The number of hydrogen-bond acceptors (Lipinski definition) is 5. The summed E-state index contributed by atoms with van der Waals surface area (Å²) in [6.45, 7) is 6.46. The minimum absolute atomic E-state index is 0.0441. The highest BCUT2D eigenvalue weighted by Crippen LogP contribution is 2.27. The third-order valence-electron chi connectivity index (χ3n) is 2.22. The summed E-state index contributed by atoms with van der Waals surface area (Å²) in [7, 11) is 1.99. The topological polar surface area (TPSA) is 34.4 Å². The molecule has 2 aliphatic heterocycles. The van der Waals surface area contributed by atoms with Crippen molar-refractivity contribution in [3.05, 3.63) is 12.0 Å². The molecule has 0 radical (unpaired) electrons. The first-order valence-electron chi connectivity index (χ1n) is 4.60. The number of hydrogen-bond donors (Lipinski definition) is 0. The van der Waals surface area contributed by atoms with Gasteiger partial charge in [-0.1, -0.05) is 0 Å². The number of nitrogens with zero attached hydrogens (tertiary/aromatic N) is 5. The molecular weight excluding hydrogens is 178 g/mol. The van der Waals surface area contributed by atoms with Crippen LogP contribution in [-0.4, -0.2) is 40.4 Å². The highest BCUT2D eigenvalue weighted by Gasteiger charge is 2.33. The molecule has 0 aromatic heterocycles. The lowest BCUT2D eigenvalue weighted by Crippen LogP contribution is -2.50. The van der Waals surface area contributed by atoms with Crippen LogP contribution in [0, 0.1) is 0 Å². The van der Waals surface area contributed by atoms with Crippen LogP contribution in [0.2, 0.25) is 0 Å². The number of aliphatic imine (C=N–C) groups is 2.